The molecule has 0 spiro atoms. The summed E-state index contributed by atoms with van der Waals surface area (Å²) < 4.78 is 7.05. The number of ether oxygens (including phenoxy) is 1. The van der Waals surface area contributed by atoms with Crippen LogP contribution >= 0.6 is 15.9 Å². The van der Waals surface area contributed by atoms with E-state index >= 15 is 0 Å². The van der Waals surface area contributed by atoms with E-state index in [0.29, 0.717) is 0 Å². The molecule has 0 fully saturated rings. The fourth-order valence-electron chi connectivity index (χ4n) is 2.43. The van der Waals surface area contributed by atoms with E-state index < -0.39 is 0 Å². The van der Waals surface area contributed by atoms with Gasteiger partial charge in [0, 0.05) is 10.0 Å². The molecule has 2 nitrogen and oxygen atoms in total. The SMILES string of the molecule is CCCOc1ccccc1C(NC)c1cccc(C)c1Br. The third-order valence-corrected chi connectivity index (χ3v) is 4.60. The Morgan fingerprint density at radius 3 is 2.52 bits per heavy atom. The van der Waals surface area contributed by atoms with Crippen molar-refractivity contribution >= 4 is 15.9 Å². The van der Waals surface area contributed by atoms with Crippen LogP contribution in [0.4, 0.5) is 0 Å². The molecule has 0 radical (unpaired) electrons. The molecular formula is C18H22BrNO. The zero-order chi connectivity index (χ0) is 15.2. The summed E-state index contributed by atoms with van der Waals surface area (Å²) >= 11 is 3.72. The van der Waals surface area contributed by atoms with Crippen molar-refractivity contribution in [2.75, 3.05) is 13.7 Å². The second-order valence-electron chi connectivity index (χ2n) is 5.09. The molecule has 21 heavy (non-hydrogen) atoms. The monoisotopic (exact) mass is 347 g/mol. The Balaban J connectivity index is 2.44. The van der Waals surface area contributed by atoms with E-state index in [9.17, 15) is 0 Å². The van der Waals surface area contributed by atoms with Crippen LogP contribution in [-0.2, 0) is 0 Å². The number of benzene rings is 2. The maximum absolute atomic E-state index is 5.91. The standard InChI is InChI=1S/C18H22BrNO/c1-4-12-21-16-11-6-5-9-14(16)18(20-3)15-10-7-8-13(2)17(15)19/h5-11,18,20H,4,12H2,1-3H3. The molecule has 0 aliphatic heterocycles. The number of hydrogen-bond acceptors (Lipinski definition) is 2. The number of hydrogen-bond donors (Lipinski definition) is 1. The highest BCUT2D eigenvalue weighted by atomic mass is 79.9. The van der Waals surface area contributed by atoms with Crippen molar-refractivity contribution in [3.05, 3.63) is 63.6 Å². The first-order valence-corrected chi connectivity index (χ1v) is 8.12. The highest BCUT2D eigenvalue weighted by Gasteiger charge is 2.19. The first kappa shape index (κ1) is 16.1. The molecule has 0 aliphatic rings. The van der Waals surface area contributed by atoms with Gasteiger partial charge in [-0.05, 0) is 37.6 Å². The zero-order valence-electron chi connectivity index (χ0n) is 12.8. The average Bonchev–Trinajstić information content (AvgIpc) is 2.51. The number of para-hydroxylation sites is 1. The first-order valence-electron chi connectivity index (χ1n) is 7.33. The van der Waals surface area contributed by atoms with Gasteiger partial charge in [-0.2, -0.15) is 0 Å². The molecule has 0 bridgehead atoms. The van der Waals surface area contributed by atoms with Crippen molar-refractivity contribution in [3.63, 3.8) is 0 Å². The molecule has 0 saturated heterocycles. The molecule has 2 rings (SSSR count). The van der Waals surface area contributed by atoms with E-state index in [1.54, 1.807) is 0 Å². The summed E-state index contributed by atoms with van der Waals surface area (Å²) in [5, 5.41) is 3.41. The van der Waals surface area contributed by atoms with Gasteiger partial charge in [0.25, 0.3) is 0 Å². The summed E-state index contributed by atoms with van der Waals surface area (Å²) in [7, 11) is 1.98. The van der Waals surface area contributed by atoms with E-state index in [2.05, 4.69) is 65.4 Å². The molecule has 0 saturated carbocycles. The maximum atomic E-state index is 5.91. The summed E-state index contributed by atoms with van der Waals surface area (Å²) in [6.45, 7) is 4.97. The van der Waals surface area contributed by atoms with Gasteiger partial charge in [0.2, 0.25) is 0 Å². The van der Waals surface area contributed by atoms with Crippen molar-refractivity contribution in [3.8, 4) is 5.75 Å². The van der Waals surface area contributed by atoms with Crippen LogP contribution < -0.4 is 10.1 Å². The van der Waals surface area contributed by atoms with E-state index in [1.807, 2.05) is 19.2 Å². The van der Waals surface area contributed by atoms with Crippen LogP contribution in [0.1, 0.15) is 36.1 Å². The van der Waals surface area contributed by atoms with Crippen molar-refractivity contribution in [2.24, 2.45) is 0 Å². The number of aryl methyl sites for hydroxylation is 1. The van der Waals surface area contributed by atoms with Crippen LogP contribution in [0, 0.1) is 6.92 Å². The van der Waals surface area contributed by atoms with E-state index in [0.717, 1.165) is 23.2 Å². The van der Waals surface area contributed by atoms with E-state index in [4.69, 9.17) is 4.74 Å². The quantitative estimate of drug-likeness (QED) is 0.805. The van der Waals surface area contributed by atoms with Crippen LogP contribution in [0.15, 0.2) is 46.9 Å². The van der Waals surface area contributed by atoms with Gasteiger partial charge in [0.05, 0.1) is 12.6 Å². The lowest BCUT2D eigenvalue weighted by molar-refractivity contribution is 0.312. The van der Waals surface area contributed by atoms with E-state index in [-0.39, 0.29) is 6.04 Å². The third kappa shape index (κ3) is 3.66. The van der Waals surface area contributed by atoms with Gasteiger partial charge in [-0.25, -0.2) is 0 Å². The number of nitrogens with one attached hydrogen (secondary N) is 1. The highest BCUT2D eigenvalue weighted by Crippen LogP contribution is 2.34. The lowest BCUT2D eigenvalue weighted by atomic mass is 9.96. The van der Waals surface area contributed by atoms with Crippen LogP contribution in [0.25, 0.3) is 0 Å². The first-order chi connectivity index (χ1) is 10.2. The summed E-state index contributed by atoms with van der Waals surface area (Å²) in [5.41, 5.74) is 3.63. The minimum Gasteiger partial charge on any atom is -0.493 e. The Labute approximate surface area is 135 Å². The molecular weight excluding hydrogens is 326 g/mol. The summed E-state index contributed by atoms with van der Waals surface area (Å²) in [5.74, 6) is 0.951. The van der Waals surface area contributed by atoms with Gasteiger partial charge >= 0.3 is 0 Å². The van der Waals surface area contributed by atoms with Gasteiger partial charge in [-0.1, -0.05) is 59.3 Å². The minimum atomic E-state index is 0.104. The van der Waals surface area contributed by atoms with Gasteiger partial charge in [0.15, 0.2) is 0 Å². The average molecular weight is 348 g/mol. The summed E-state index contributed by atoms with van der Waals surface area (Å²) in [6, 6.07) is 14.7. The van der Waals surface area contributed by atoms with Crippen molar-refractivity contribution < 1.29 is 4.74 Å². The molecule has 1 unspecified atom stereocenters. The van der Waals surface area contributed by atoms with Crippen LogP contribution in [-0.4, -0.2) is 13.7 Å². The second-order valence-corrected chi connectivity index (χ2v) is 5.88. The van der Waals surface area contributed by atoms with Gasteiger partial charge in [-0.15, -0.1) is 0 Å². The van der Waals surface area contributed by atoms with Crippen molar-refractivity contribution in [1.82, 2.24) is 5.32 Å². The number of halogens is 1. The van der Waals surface area contributed by atoms with Crippen molar-refractivity contribution in [2.45, 2.75) is 26.3 Å². The third-order valence-electron chi connectivity index (χ3n) is 3.51. The second kappa shape index (κ2) is 7.62. The Hall–Kier alpha value is -1.32. The topological polar surface area (TPSA) is 21.3 Å². The fourth-order valence-corrected chi connectivity index (χ4v) is 2.93. The fraction of sp³-hybridized carbons (Fsp3) is 0.333. The highest BCUT2D eigenvalue weighted by molar-refractivity contribution is 9.10. The smallest absolute Gasteiger partial charge is 0.124 e. The molecule has 2 aromatic rings. The Kier molecular flexibility index (Phi) is 5.83. The predicted octanol–water partition coefficient (Wildman–Crippen LogP) is 4.86. The van der Waals surface area contributed by atoms with Crippen LogP contribution in [0.3, 0.4) is 0 Å². The summed E-state index contributed by atoms with van der Waals surface area (Å²) in [4.78, 5) is 0. The molecule has 0 heterocycles. The molecule has 2 aromatic carbocycles. The van der Waals surface area contributed by atoms with Crippen LogP contribution in [0.5, 0.6) is 5.75 Å². The van der Waals surface area contributed by atoms with Crippen molar-refractivity contribution in [1.29, 1.82) is 0 Å². The van der Waals surface area contributed by atoms with Crippen LogP contribution in [0.2, 0.25) is 0 Å². The lowest BCUT2D eigenvalue weighted by Crippen LogP contribution is -2.19. The zero-order valence-corrected chi connectivity index (χ0v) is 14.4. The lowest BCUT2D eigenvalue weighted by Gasteiger charge is -2.22. The molecule has 3 heteroatoms. The largest absolute Gasteiger partial charge is 0.493 e. The van der Waals surface area contributed by atoms with Gasteiger partial charge in [0.1, 0.15) is 5.75 Å². The minimum absolute atomic E-state index is 0.104. The molecule has 112 valence electrons. The summed E-state index contributed by atoms with van der Waals surface area (Å²) in [6.07, 6.45) is 1.01. The normalized spacial score (nSPS) is 12.2. The molecule has 1 atom stereocenters. The van der Waals surface area contributed by atoms with Gasteiger partial charge in [-0.3, -0.25) is 0 Å². The molecule has 0 aliphatic carbocycles. The number of rotatable bonds is 6. The molecule has 0 amide bonds. The Bertz CT molecular complexity index is 598. The predicted molar refractivity (Wildman–Crippen MR) is 92.0 cm³/mol. The molecule has 1 N–H and O–H groups in total. The van der Waals surface area contributed by atoms with E-state index in [1.165, 1.54) is 16.7 Å². The maximum Gasteiger partial charge on any atom is 0.124 e. The Morgan fingerprint density at radius 2 is 1.81 bits per heavy atom. The molecule has 0 aromatic heterocycles. The Morgan fingerprint density at radius 1 is 1.10 bits per heavy atom. The van der Waals surface area contributed by atoms with Gasteiger partial charge < -0.3 is 10.1 Å².